The molecule has 2 aromatic rings. The first-order chi connectivity index (χ1) is 8.43. The molecule has 0 radical (unpaired) electrons. The number of hydrogen-bond acceptors (Lipinski definition) is 2. The lowest BCUT2D eigenvalue weighted by Gasteiger charge is -2.26. The fraction of sp³-hybridized carbons (Fsp3) is 0.133. The summed E-state index contributed by atoms with van der Waals surface area (Å²) in [7, 11) is 0. The van der Waals surface area contributed by atoms with Crippen LogP contribution in [0.15, 0.2) is 54.7 Å². The molecule has 0 bridgehead atoms. The summed E-state index contributed by atoms with van der Waals surface area (Å²) in [5.74, 6) is 1.08. The average molecular weight is 222 g/mol. The van der Waals surface area contributed by atoms with Crippen LogP contribution in [0.25, 0.3) is 6.08 Å². The second kappa shape index (κ2) is 4.42. The van der Waals surface area contributed by atoms with Crippen molar-refractivity contribution in [2.75, 3.05) is 11.4 Å². The molecule has 1 aromatic carbocycles. The minimum Gasteiger partial charge on any atom is -0.348 e. The number of fused-ring (bicyclic) bond motifs is 1. The lowest BCUT2D eigenvalue weighted by Crippen LogP contribution is -2.26. The first-order valence-corrected chi connectivity index (χ1v) is 5.84. The Bertz CT molecular complexity index is 532. The molecule has 0 spiro atoms. The number of pyridine rings is 1. The normalized spacial score (nSPS) is 13.5. The highest BCUT2D eigenvalue weighted by atomic mass is 15.2. The number of rotatable bonds is 2. The van der Waals surface area contributed by atoms with Crippen molar-refractivity contribution in [3.8, 4) is 0 Å². The number of aromatic nitrogens is 1. The van der Waals surface area contributed by atoms with Crippen LogP contribution in [0.1, 0.15) is 11.1 Å². The van der Waals surface area contributed by atoms with Crippen LogP contribution in [0.3, 0.4) is 0 Å². The predicted molar refractivity (Wildman–Crippen MR) is 70.8 cm³/mol. The molecule has 1 aliphatic rings. The monoisotopic (exact) mass is 222 g/mol. The Labute approximate surface area is 101 Å². The summed E-state index contributed by atoms with van der Waals surface area (Å²) in [6.07, 6.45) is 6.19. The maximum atomic E-state index is 4.47. The van der Waals surface area contributed by atoms with E-state index in [-0.39, 0.29) is 0 Å². The van der Waals surface area contributed by atoms with Gasteiger partial charge in [0.1, 0.15) is 5.82 Å². The van der Waals surface area contributed by atoms with Crippen molar-refractivity contribution in [3.05, 3.63) is 65.9 Å². The topological polar surface area (TPSA) is 16.1 Å². The largest absolute Gasteiger partial charge is 0.348 e. The minimum atomic E-state index is 0.912. The summed E-state index contributed by atoms with van der Waals surface area (Å²) >= 11 is 0. The quantitative estimate of drug-likeness (QED) is 0.776. The Balaban J connectivity index is 1.88. The van der Waals surface area contributed by atoms with Gasteiger partial charge in [-0.15, -0.1) is 0 Å². The lowest BCUT2D eigenvalue weighted by atomic mass is 10.1. The molecule has 0 saturated carbocycles. The van der Waals surface area contributed by atoms with Gasteiger partial charge in [0, 0.05) is 24.8 Å². The van der Waals surface area contributed by atoms with Crippen molar-refractivity contribution in [3.63, 3.8) is 0 Å². The molecule has 0 fully saturated rings. The van der Waals surface area contributed by atoms with E-state index in [9.17, 15) is 0 Å². The molecule has 3 rings (SSSR count). The van der Waals surface area contributed by atoms with E-state index < -0.39 is 0 Å². The van der Waals surface area contributed by atoms with Gasteiger partial charge in [0.2, 0.25) is 0 Å². The number of hydrogen-bond donors (Lipinski definition) is 0. The van der Waals surface area contributed by atoms with Crippen molar-refractivity contribution < 1.29 is 0 Å². The first kappa shape index (κ1) is 10.1. The Morgan fingerprint density at radius 3 is 2.82 bits per heavy atom. The maximum Gasteiger partial charge on any atom is 0.136 e. The van der Waals surface area contributed by atoms with Gasteiger partial charge >= 0.3 is 0 Å². The van der Waals surface area contributed by atoms with Crippen molar-refractivity contribution in [2.24, 2.45) is 0 Å². The Kier molecular flexibility index (Phi) is 2.62. The molecule has 2 heterocycles. The van der Waals surface area contributed by atoms with Gasteiger partial charge in [-0.25, -0.2) is 4.98 Å². The van der Waals surface area contributed by atoms with Crippen LogP contribution in [0.5, 0.6) is 0 Å². The van der Waals surface area contributed by atoms with Crippen molar-refractivity contribution in [2.45, 2.75) is 6.54 Å². The van der Waals surface area contributed by atoms with E-state index >= 15 is 0 Å². The van der Waals surface area contributed by atoms with Gasteiger partial charge in [0.25, 0.3) is 0 Å². The van der Waals surface area contributed by atoms with Gasteiger partial charge < -0.3 is 4.90 Å². The summed E-state index contributed by atoms with van der Waals surface area (Å²) < 4.78 is 0. The van der Waals surface area contributed by atoms with E-state index in [2.05, 4.69) is 52.4 Å². The molecule has 1 aromatic heterocycles. The summed E-state index contributed by atoms with van der Waals surface area (Å²) in [5, 5.41) is 0. The third-order valence-corrected chi connectivity index (χ3v) is 2.96. The van der Waals surface area contributed by atoms with Crippen LogP contribution in [-0.4, -0.2) is 11.5 Å². The Morgan fingerprint density at radius 1 is 1.06 bits per heavy atom. The molecule has 2 nitrogen and oxygen atoms in total. The average Bonchev–Trinajstić information content (AvgIpc) is 2.40. The van der Waals surface area contributed by atoms with Crippen LogP contribution in [0, 0.1) is 0 Å². The lowest BCUT2D eigenvalue weighted by molar-refractivity contribution is 0.839. The van der Waals surface area contributed by atoms with Crippen LogP contribution in [0.4, 0.5) is 5.82 Å². The van der Waals surface area contributed by atoms with Gasteiger partial charge in [-0.05, 0) is 17.7 Å². The Morgan fingerprint density at radius 2 is 1.94 bits per heavy atom. The summed E-state index contributed by atoms with van der Waals surface area (Å²) in [5.41, 5.74) is 2.52. The van der Waals surface area contributed by atoms with E-state index in [0.29, 0.717) is 0 Å². The third kappa shape index (κ3) is 2.07. The highest BCUT2D eigenvalue weighted by Gasteiger charge is 2.13. The molecule has 0 unspecified atom stereocenters. The molecule has 0 atom stereocenters. The molecule has 17 heavy (non-hydrogen) atoms. The second-order valence-electron chi connectivity index (χ2n) is 4.18. The zero-order valence-corrected chi connectivity index (χ0v) is 9.58. The summed E-state index contributed by atoms with van der Waals surface area (Å²) in [4.78, 5) is 6.77. The zero-order chi connectivity index (χ0) is 11.5. The number of anilines is 1. The molecular formula is C15H14N2. The van der Waals surface area contributed by atoms with Crippen LogP contribution >= 0.6 is 0 Å². The third-order valence-electron chi connectivity index (χ3n) is 2.96. The number of nitrogens with zero attached hydrogens (tertiary/aromatic N) is 2. The molecule has 0 aliphatic carbocycles. The molecule has 0 amide bonds. The van der Waals surface area contributed by atoms with Gasteiger partial charge in [0.15, 0.2) is 0 Å². The highest BCUT2D eigenvalue weighted by Crippen LogP contribution is 2.24. The SMILES string of the molecule is C1=Cc2cccnc2N(Cc2ccccc2)C1. The van der Waals surface area contributed by atoms with E-state index in [0.717, 1.165) is 18.9 Å². The maximum absolute atomic E-state index is 4.47. The highest BCUT2D eigenvalue weighted by molar-refractivity contribution is 5.67. The zero-order valence-electron chi connectivity index (χ0n) is 9.58. The van der Waals surface area contributed by atoms with Gasteiger partial charge in [-0.2, -0.15) is 0 Å². The van der Waals surface area contributed by atoms with Crippen molar-refractivity contribution in [1.82, 2.24) is 4.98 Å². The van der Waals surface area contributed by atoms with E-state index in [1.54, 1.807) is 0 Å². The van der Waals surface area contributed by atoms with E-state index in [1.165, 1.54) is 11.1 Å². The molecular weight excluding hydrogens is 208 g/mol. The van der Waals surface area contributed by atoms with Crippen LogP contribution in [-0.2, 0) is 6.54 Å². The second-order valence-corrected chi connectivity index (χ2v) is 4.18. The number of benzene rings is 1. The van der Waals surface area contributed by atoms with Crippen LogP contribution in [0.2, 0.25) is 0 Å². The van der Waals surface area contributed by atoms with Gasteiger partial charge in [0.05, 0.1) is 0 Å². The first-order valence-electron chi connectivity index (χ1n) is 5.84. The van der Waals surface area contributed by atoms with Gasteiger partial charge in [-0.3, -0.25) is 0 Å². The summed E-state index contributed by atoms with van der Waals surface area (Å²) in [6.45, 7) is 1.84. The molecule has 1 aliphatic heterocycles. The van der Waals surface area contributed by atoms with Crippen molar-refractivity contribution >= 4 is 11.9 Å². The minimum absolute atomic E-state index is 0.912. The van der Waals surface area contributed by atoms with Crippen molar-refractivity contribution in [1.29, 1.82) is 0 Å². The van der Waals surface area contributed by atoms with E-state index in [4.69, 9.17) is 0 Å². The summed E-state index contributed by atoms with van der Waals surface area (Å²) in [6, 6.07) is 14.6. The fourth-order valence-electron chi connectivity index (χ4n) is 2.14. The van der Waals surface area contributed by atoms with Gasteiger partial charge in [-0.1, -0.05) is 42.5 Å². The van der Waals surface area contributed by atoms with Crippen LogP contribution < -0.4 is 4.90 Å². The standard InChI is InChI=1S/C15H14N2/c1-2-6-13(7-3-1)12-17-11-5-9-14-8-4-10-16-15(14)17/h1-10H,11-12H2. The molecule has 0 N–H and O–H groups in total. The predicted octanol–water partition coefficient (Wildman–Crippen LogP) is 3.12. The van der Waals surface area contributed by atoms with E-state index in [1.807, 2.05) is 18.3 Å². The Hall–Kier alpha value is -2.09. The smallest absolute Gasteiger partial charge is 0.136 e. The molecule has 84 valence electrons. The molecule has 0 saturated heterocycles. The molecule has 2 heteroatoms. The fourth-order valence-corrected chi connectivity index (χ4v) is 2.14.